The Morgan fingerprint density at radius 2 is 1.63 bits per heavy atom. The van der Waals surface area contributed by atoms with E-state index in [1.165, 1.54) is 68.0 Å². The molecular formula is C36H44F3N5O8. The summed E-state index contributed by atoms with van der Waals surface area (Å²) in [5, 5.41) is 9.63. The van der Waals surface area contributed by atoms with Gasteiger partial charge in [-0.3, -0.25) is 38.6 Å². The zero-order chi connectivity index (χ0) is 38.9. The average Bonchev–Trinajstić information content (AvgIpc) is 3.46. The van der Waals surface area contributed by atoms with Crippen LogP contribution < -0.4 is 5.73 Å². The molecule has 1 saturated heterocycles. The number of urea groups is 1. The molecule has 4 amide bonds. The molecule has 2 unspecified atom stereocenters. The summed E-state index contributed by atoms with van der Waals surface area (Å²) in [5.74, 6) is -10.2. The second-order valence-electron chi connectivity index (χ2n) is 14.1. The van der Waals surface area contributed by atoms with E-state index >= 15 is 0 Å². The van der Waals surface area contributed by atoms with Crippen LogP contribution in [0.1, 0.15) is 65.5 Å². The van der Waals surface area contributed by atoms with Crippen molar-refractivity contribution in [3.05, 3.63) is 59.8 Å². The largest absolute Gasteiger partial charge is 0.480 e. The minimum absolute atomic E-state index is 0.0793. The number of Topliss-reactive ketones (excluding diaryl/α,β-unsaturated/α-hetero) is 3. The van der Waals surface area contributed by atoms with Crippen LogP contribution in [0.2, 0.25) is 0 Å². The number of fused-ring (bicyclic) bond motifs is 1. The Kier molecular flexibility index (Phi) is 11.9. The fraction of sp³-hybridized carbons (Fsp3) is 0.528. The smallest absolute Gasteiger partial charge is 0.452 e. The number of nitrogens with zero attached hydrogens (tertiary/aromatic N) is 4. The molecule has 1 aliphatic carbocycles. The number of hydrogen-bond acceptors (Lipinski definition) is 9. The Balaban J connectivity index is 1.89. The summed E-state index contributed by atoms with van der Waals surface area (Å²) in [7, 11) is 0. The van der Waals surface area contributed by atoms with E-state index < -0.39 is 102 Å². The highest BCUT2D eigenvalue weighted by Gasteiger charge is 2.57. The number of alkyl halides is 3. The second kappa shape index (κ2) is 15.5. The van der Waals surface area contributed by atoms with Gasteiger partial charge in [-0.15, -0.1) is 0 Å². The minimum atomic E-state index is -5.46. The molecule has 1 aromatic rings. The predicted molar refractivity (Wildman–Crippen MR) is 180 cm³/mol. The van der Waals surface area contributed by atoms with Gasteiger partial charge in [0.15, 0.2) is 17.1 Å². The summed E-state index contributed by atoms with van der Waals surface area (Å²) in [5.41, 5.74) is 4.38. The van der Waals surface area contributed by atoms with Crippen molar-refractivity contribution in [1.82, 2.24) is 19.6 Å². The third kappa shape index (κ3) is 7.72. The van der Waals surface area contributed by atoms with Gasteiger partial charge >= 0.3 is 18.2 Å². The average molecular weight is 732 g/mol. The van der Waals surface area contributed by atoms with Crippen LogP contribution in [0.4, 0.5) is 18.0 Å². The molecule has 16 heteroatoms. The van der Waals surface area contributed by atoms with Crippen molar-refractivity contribution < 1.29 is 51.8 Å². The number of hydrogen-bond donors (Lipinski definition) is 2. The van der Waals surface area contributed by atoms with Crippen LogP contribution in [0.25, 0.3) is 0 Å². The summed E-state index contributed by atoms with van der Waals surface area (Å²) in [6.45, 7) is 5.19. The van der Waals surface area contributed by atoms with Gasteiger partial charge in [0.05, 0.1) is 12.6 Å². The summed E-state index contributed by atoms with van der Waals surface area (Å²) in [4.78, 5) is 99.6. The Labute approximate surface area is 299 Å². The quantitative estimate of drug-likeness (QED) is 0.321. The lowest BCUT2D eigenvalue weighted by Gasteiger charge is -2.43. The van der Waals surface area contributed by atoms with E-state index in [1.54, 1.807) is 25.1 Å². The van der Waals surface area contributed by atoms with Gasteiger partial charge in [0.1, 0.15) is 18.6 Å². The van der Waals surface area contributed by atoms with Crippen LogP contribution in [0.15, 0.2) is 54.3 Å². The number of ketones is 3. The molecule has 0 spiro atoms. The Hall–Kier alpha value is -4.70. The SMILES string of the molecule is CC(C)[C@@H](C(=O)C(F)(F)F)N(C(=O)N1CCC[C@H]1C)C(=O)[C@](N)(C(=O)CN1C2C(=O)CC=CC2=CN(CC(=O)O)C(=O)C1c1ccccc1)C(C)C. The van der Waals surface area contributed by atoms with Crippen molar-refractivity contribution in [2.75, 3.05) is 19.6 Å². The summed E-state index contributed by atoms with van der Waals surface area (Å²) in [6, 6.07) is 1.02. The fourth-order valence-corrected chi connectivity index (χ4v) is 7.06. The van der Waals surface area contributed by atoms with Gasteiger partial charge in [-0.05, 0) is 42.7 Å². The van der Waals surface area contributed by atoms with Gasteiger partial charge in [0.25, 0.3) is 11.7 Å². The highest BCUT2D eigenvalue weighted by atomic mass is 19.4. The number of rotatable bonds is 11. The number of imide groups is 1. The van der Waals surface area contributed by atoms with Gasteiger partial charge in [0.2, 0.25) is 5.91 Å². The number of halogens is 3. The molecule has 13 nitrogen and oxygen atoms in total. The van der Waals surface area contributed by atoms with E-state index in [1.807, 2.05) is 0 Å². The molecule has 52 heavy (non-hydrogen) atoms. The number of allylic oxidation sites excluding steroid dienone is 1. The number of benzene rings is 1. The first kappa shape index (κ1) is 40.1. The molecule has 3 aliphatic rings. The first-order valence-electron chi connectivity index (χ1n) is 17.0. The van der Waals surface area contributed by atoms with E-state index in [0.717, 1.165) is 4.90 Å². The molecule has 0 saturated carbocycles. The third-order valence-corrected chi connectivity index (χ3v) is 9.89. The molecule has 1 fully saturated rings. The van der Waals surface area contributed by atoms with E-state index in [2.05, 4.69) is 0 Å². The van der Waals surface area contributed by atoms with Crippen LogP contribution in [-0.4, -0.2) is 115 Å². The lowest BCUT2D eigenvalue weighted by atomic mass is 9.79. The van der Waals surface area contributed by atoms with Gasteiger partial charge in [-0.2, -0.15) is 13.2 Å². The first-order valence-corrected chi connectivity index (χ1v) is 17.0. The number of amides is 4. The standard InChI is InChI=1S/C36H44F3N5O8/c1-20(2)28(31(49)36(37,38)39)44(34(52)42-16-10-11-22(42)5)33(51)35(40,21(3)4)26(46)18-43-29-24(14-9-15-25(29)45)17-41(19-27(47)48)32(50)30(43)23-12-7-6-8-13-23/h6-9,12-14,17,20-22,28-30H,10-11,15-16,18-19,40H2,1-5H3,(H,47,48)/t22-,28+,29?,30?,35-/m1/s1. The Morgan fingerprint density at radius 1 is 1.00 bits per heavy atom. The number of carbonyl (C=O) groups excluding carboxylic acids is 6. The van der Waals surface area contributed by atoms with Gasteiger partial charge in [-0.1, -0.05) is 70.2 Å². The van der Waals surface area contributed by atoms with E-state index in [0.29, 0.717) is 12.8 Å². The van der Waals surface area contributed by atoms with Crippen LogP contribution in [0.3, 0.4) is 0 Å². The van der Waals surface area contributed by atoms with E-state index in [9.17, 15) is 51.8 Å². The molecule has 0 aromatic heterocycles. The zero-order valence-corrected chi connectivity index (χ0v) is 29.6. The maximum absolute atomic E-state index is 14.7. The molecule has 1 aromatic carbocycles. The molecule has 3 N–H and O–H groups in total. The van der Waals surface area contributed by atoms with Gasteiger partial charge < -0.3 is 20.6 Å². The van der Waals surface area contributed by atoms with Crippen molar-refractivity contribution in [2.45, 2.75) is 89.8 Å². The molecule has 0 radical (unpaired) electrons. The monoisotopic (exact) mass is 731 g/mol. The lowest BCUT2D eigenvalue weighted by molar-refractivity contribution is -0.179. The Bertz CT molecular complexity index is 1680. The summed E-state index contributed by atoms with van der Waals surface area (Å²) >= 11 is 0. The number of likely N-dealkylation sites (tertiary alicyclic amines) is 1. The topological polar surface area (TPSA) is 179 Å². The van der Waals surface area contributed by atoms with Gasteiger partial charge in [0, 0.05) is 25.2 Å². The van der Waals surface area contributed by atoms with E-state index in [4.69, 9.17) is 5.73 Å². The third-order valence-electron chi connectivity index (χ3n) is 9.89. The van der Waals surface area contributed by atoms with Crippen LogP contribution in [-0.2, 0) is 28.8 Å². The molecular weight excluding hydrogens is 687 g/mol. The number of carbonyl (C=O) groups is 7. The van der Waals surface area contributed by atoms with Crippen molar-refractivity contribution >= 4 is 41.2 Å². The normalized spacial score (nSPS) is 22.8. The van der Waals surface area contributed by atoms with Crippen molar-refractivity contribution in [3.8, 4) is 0 Å². The molecule has 2 aliphatic heterocycles. The number of carboxylic acids is 1. The summed E-state index contributed by atoms with van der Waals surface area (Å²) in [6.07, 6.45) is -0.390. The van der Waals surface area contributed by atoms with Gasteiger partial charge in [-0.25, -0.2) is 4.79 Å². The predicted octanol–water partition coefficient (Wildman–Crippen LogP) is 3.25. The van der Waals surface area contributed by atoms with E-state index in [-0.39, 0.29) is 29.0 Å². The van der Waals surface area contributed by atoms with Crippen molar-refractivity contribution in [1.29, 1.82) is 0 Å². The molecule has 282 valence electrons. The number of aliphatic carboxylic acids is 1. The molecule has 0 bridgehead atoms. The minimum Gasteiger partial charge on any atom is -0.480 e. The fourth-order valence-electron chi connectivity index (χ4n) is 7.06. The van der Waals surface area contributed by atoms with Crippen molar-refractivity contribution in [3.63, 3.8) is 0 Å². The Morgan fingerprint density at radius 3 is 2.15 bits per heavy atom. The first-order chi connectivity index (χ1) is 24.2. The number of nitrogens with two attached hydrogens (primary N) is 1. The highest BCUT2D eigenvalue weighted by Crippen LogP contribution is 2.36. The molecule has 5 atom stereocenters. The van der Waals surface area contributed by atoms with Crippen LogP contribution >= 0.6 is 0 Å². The molecule has 2 heterocycles. The number of carboxylic acid groups (broad SMARTS) is 1. The maximum Gasteiger partial charge on any atom is 0.452 e. The van der Waals surface area contributed by atoms with Crippen molar-refractivity contribution in [2.24, 2.45) is 17.6 Å². The zero-order valence-electron chi connectivity index (χ0n) is 29.6. The second-order valence-corrected chi connectivity index (χ2v) is 14.1. The highest BCUT2D eigenvalue weighted by molar-refractivity contribution is 6.17. The lowest BCUT2D eigenvalue weighted by Crippen LogP contribution is -2.71. The van der Waals surface area contributed by atoms with Crippen LogP contribution in [0, 0.1) is 11.8 Å². The summed E-state index contributed by atoms with van der Waals surface area (Å²) < 4.78 is 42.2. The molecule has 4 rings (SSSR count). The van der Waals surface area contributed by atoms with Crippen LogP contribution in [0.5, 0.6) is 0 Å². The maximum atomic E-state index is 14.7.